The zero-order chi connectivity index (χ0) is 21.0. The normalized spacial score (nSPS) is 11.9. The molecule has 0 aliphatic carbocycles. The van der Waals surface area contributed by atoms with Crippen LogP contribution in [0.5, 0.6) is 5.75 Å². The SMILES string of the molecule is CCN(Cc1nc(-c2ccc(OC)cc2)no1)S(=O)(=O)c1ccc(C(C)C)cc1. The van der Waals surface area contributed by atoms with E-state index in [2.05, 4.69) is 24.0 Å². The molecule has 0 saturated heterocycles. The number of hydrogen-bond acceptors (Lipinski definition) is 6. The van der Waals surface area contributed by atoms with E-state index >= 15 is 0 Å². The van der Waals surface area contributed by atoms with Gasteiger partial charge in [-0.05, 0) is 47.9 Å². The second kappa shape index (κ2) is 8.75. The first-order valence-corrected chi connectivity index (χ1v) is 10.9. The van der Waals surface area contributed by atoms with Crippen molar-refractivity contribution in [2.75, 3.05) is 13.7 Å². The number of ether oxygens (including phenoxy) is 1. The van der Waals surface area contributed by atoms with Crippen LogP contribution in [0.4, 0.5) is 0 Å². The van der Waals surface area contributed by atoms with Gasteiger partial charge in [0.05, 0.1) is 18.6 Å². The second-order valence-electron chi connectivity index (χ2n) is 6.90. The number of aromatic nitrogens is 2. The molecule has 0 atom stereocenters. The van der Waals surface area contributed by atoms with Crippen LogP contribution in [0.1, 0.15) is 38.1 Å². The molecule has 0 radical (unpaired) electrons. The molecule has 8 heteroatoms. The smallest absolute Gasteiger partial charge is 0.243 e. The minimum atomic E-state index is -3.67. The average Bonchev–Trinajstić information content (AvgIpc) is 3.20. The van der Waals surface area contributed by atoms with Crippen LogP contribution in [-0.4, -0.2) is 36.5 Å². The molecule has 0 saturated carbocycles. The van der Waals surface area contributed by atoms with Crippen LogP contribution < -0.4 is 4.74 Å². The maximum Gasteiger partial charge on any atom is 0.243 e. The molecule has 0 amide bonds. The molecule has 3 rings (SSSR count). The van der Waals surface area contributed by atoms with Gasteiger partial charge in [0, 0.05) is 12.1 Å². The van der Waals surface area contributed by atoms with Crippen molar-refractivity contribution < 1.29 is 17.7 Å². The number of sulfonamides is 1. The molecule has 3 aromatic rings. The van der Waals surface area contributed by atoms with E-state index in [-0.39, 0.29) is 23.9 Å². The average molecular weight is 416 g/mol. The molecule has 29 heavy (non-hydrogen) atoms. The molecule has 0 aliphatic heterocycles. The number of benzene rings is 2. The van der Waals surface area contributed by atoms with E-state index in [0.29, 0.717) is 11.7 Å². The lowest BCUT2D eigenvalue weighted by Crippen LogP contribution is -2.30. The summed E-state index contributed by atoms with van der Waals surface area (Å²) in [7, 11) is -2.07. The standard InChI is InChI=1S/C21H25N3O4S/c1-5-24(29(25,26)19-12-8-16(9-13-19)15(2)3)14-20-22-21(23-28-20)17-6-10-18(27-4)11-7-17/h6-13,15H,5,14H2,1-4H3. The minimum absolute atomic E-state index is 0.00786. The Morgan fingerprint density at radius 2 is 1.72 bits per heavy atom. The Morgan fingerprint density at radius 3 is 2.28 bits per heavy atom. The van der Waals surface area contributed by atoms with Gasteiger partial charge in [-0.25, -0.2) is 8.42 Å². The van der Waals surface area contributed by atoms with Gasteiger partial charge in [0.25, 0.3) is 0 Å². The molecule has 1 aromatic heterocycles. The van der Waals surface area contributed by atoms with Crippen LogP contribution in [0, 0.1) is 0 Å². The van der Waals surface area contributed by atoms with Crippen molar-refractivity contribution >= 4 is 10.0 Å². The highest BCUT2D eigenvalue weighted by molar-refractivity contribution is 7.89. The van der Waals surface area contributed by atoms with Gasteiger partial charge in [-0.1, -0.05) is 38.1 Å². The molecule has 7 nitrogen and oxygen atoms in total. The van der Waals surface area contributed by atoms with Crippen LogP contribution in [-0.2, 0) is 16.6 Å². The summed E-state index contributed by atoms with van der Waals surface area (Å²) < 4.78 is 37.8. The Morgan fingerprint density at radius 1 is 1.07 bits per heavy atom. The molecule has 2 aromatic carbocycles. The van der Waals surface area contributed by atoms with Crippen LogP contribution in [0.3, 0.4) is 0 Å². The monoisotopic (exact) mass is 415 g/mol. The summed E-state index contributed by atoms with van der Waals surface area (Å²) >= 11 is 0. The zero-order valence-electron chi connectivity index (χ0n) is 17.0. The van der Waals surface area contributed by atoms with E-state index in [0.717, 1.165) is 16.9 Å². The summed E-state index contributed by atoms with van der Waals surface area (Å²) in [5.41, 5.74) is 1.85. The van der Waals surface area contributed by atoms with Crippen molar-refractivity contribution in [1.29, 1.82) is 0 Å². The lowest BCUT2D eigenvalue weighted by Gasteiger charge is -2.19. The van der Waals surface area contributed by atoms with E-state index < -0.39 is 10.0 Å². The van der Waals surface area contributed by atoms with Crippen LogP contribution in [0.25, 0.3) is 11.4 Å². The predicted molar refractivity (Wildman–Crippen MR) is 110 cm³/mol. The summed E-state index contributed by atoms with van der Waals surface area (Å²) in [6.45, 7) is 6.21. The fourth-order valence-corrected chi connectivity index (χ4v) is 4.27. The first kappa shape index (κ1) is 21.0. The Hall–Kier alpha value is -2.71. The minimum Gasteiger partial charge on any atom is -0.497 e. The third kappa shape index (κ3) is 4.65. The van der Waals surface area contributed by atoms with E-state index in [9.17, 15) is 8.42 Å². The van der Waals surface area contributed by atoms with Gasteiger partial charge in [0.2, 0.25) is 21.7 Å². The van der Waals surface area contributed by atoms with Crippen molar-refractivity contribution in [3.8, 4) is 17.1 Å². The Balaban J connectivity index is 1.79. The van der Waals surface area contributed by atoms with Crippen LogP contribution in [0.2, 0.25) is 0 Å². The number of methoxy groups -OCH3 is 1. The van der Waals surface area contributed by atoms with E-state index in [1.54, 1.807) is 38.3 Å². The first-order valence-electron chi connectivity index (χ1n) is 9.42. The number of rotatable bonds is 8. The summed E-state index contributed by atoms with van der Waals surface area (Å²) in [5.74, 6) is 1.70. The van der Waals surface area contributed by atoms with Gasteiger partial charge in [0.15, 0.2) is 0 Å². The van der Waals surface area contributed by atoms with Crippen molar-refractivity contribution in [3.05, 3.63) is 60.0 Å². The summed E-state index contributed by atoms with van der Waals surface area (Å²) in [5, 5.41) is 3.97. The fraction of sp³-hybridized carbons (Fsp3) is 0.333. The highest BCUT2D eigenvalue weighted by Crippen LogP contribution is 2.23. The van der Waals surface area contributed by atoms with Gasteiger partial charge in [-0.2, -0.15) is 9.29 Å². The number of nitrogens with zero attached hydrogens (tertiary/aromatic N) is 3. The lowest BCUT2D eigenvalue weighted by molar-refractivity contribution is 0.321. The summed E-state index contributed by atoms with van der Waals surface area (Å²) in [6, 6.07) is 14.2. The zero-order valence-corrected chi connectivity index (χ0v) is 17.8. The molecule has 0 N–H and O–H groups in total. The Labute approximate surface area is 171 Å². The molecular weight excluding hydrogens is 390 g/mol. The Kier molecular flexibility index (Phi) is 6.34. The van der Waals surface area contributed by atoms with Crippen molar-refractivity contribution in [3.63, 3.8) is 0 Å². The van der Waals surface area contributed by atoms with Crippen LogP contribution >= 0.6 is 0 Å². The molecule has 0 bridgehead atoms. The lowest BCUT2D eigenvalue weighted by atomic mass is 10.0. The van der Waals surface area contributed by atoms with Crippen molar-refractivity contribution in [2.45, 2.75) is 38.1 Å². The van der Waals surface area contributed by atoms with Gasteiger partial charge >= 0.3 is 0 Å². The van der Waals surface area contributed by atoms with Crippen LogP contribution in [0.15, 0.2) is 57.9 Å². The van der Waals surface area contributed by atoms with E-state index in [1.165, 1.54) is 4.31 Å². The topological polar surface area (TPSA) is 85.5 Å². The van der Waals surface area contributed by atoms with Gasteiger partial charge < -0.3 is 9.26 Å². The third-order valence-electron chi connectivity index (χ3n) is 4.67. The van der Waals surface area contributed by atoms with Gasteiger partial charge in [-0.15, -0.1) is 0 Å². The maximum absolute atomic E-state index is 13.0. The summed E-state index contributed by atoms with van der Waals surface area (Å²) in [6.07, 6.45) is 0. The predicted octanol–water partition coefficient (Wildman–Crippen LogP) is 4.08. The van der Waals surface area contributed by atoms with E-state index in [1.807, 2.05) is 24.3 Å². The second-order valence-corrected chi connectivity index (χ2v) is 8.83. The van der Waals surface area contributed by atoms with E-state index in [4.69, 9.17) is 9.26 Å². The third-order valence-corrected chi connectivity index (χ3v) is 6.60. The highest BCUT2D eigenvalue weighted by atomic mass is 32.2. The molecule has 0 aliphatic rings. The van der Waals surface area contributed by atoms with Gasteiger partial charge in [0.1, 0.15) is 5.75 Å². The number of hydrogen-bond donors (Lipinski definition) is 0. The molecule has 0 fully saturated rings. The molecule has 1 heterocycles. The van der Waals surface area contributed by atoms with Crippen molar-refractivity contribution in [1.82, 2.24) is 14.4 Å². The molecule has 0 spiro atoms. The van der Waals surface area contributed by atoms with Crippen molar-refractivity contribution in [2.24, 2.45) is 0 Å². The highest BCUT2D eigenvalue weighted by Gasteiger charge is 2.25. The first-order chi connectivity index (χ1) is 13.8. The quantitative estimate of drug-likeness (QED) is 0.551. The molecular formula is C21H25N3O4S. The summed E-state index contributed by atoms with van der Waals surface area (Å²) in [4.78, 5) is 4.59. The maximum atomic E-state index is 13.0. The Bertz CT molecular complexity index is 1040. The largest absolute Gasteiger partial charge is 0.497 e. The fourth-order valence-electron chi connectivity index (χ4n) is 2.87. The molecule has 154 valence electrons. The molecule has 0 unspecified atom stereocenters. The van der Waals surface area contributed by atoms with Gasteiger partial charge in [-0.3, -0.25) is 0 Å².